The Morgan fingerprint density at radius 1 is 1.23 bits per heavy atom. The molecule has 6 nitrogen and oxygen atoms in total. The lowest BCUT2D eigenvalue weighted by atomic mass is 9.96. The summed E-state index contributed by atoms with van der Waals surface area (Å²) in [6, 6.07) is 9.93. The number of nitrogens with one attached hydrogen (secondary N) is 1. The number of rotatable bonds is 4. The van der Waals surface area contributed by atoms with Crippen LogP contribution in [0.4, 0.5) is 0 Å². The maximum absolute atomic E-state index is 12.8. The summed E-state index contributed by atoms with van der Waals surface area (Å²) in [7, 11) is 1.65. The van der Waals surface area contributed by atoms with E-state index >= 15 is 0 Å². The summed E-state index contributed by atoms with van der Waals surface area (Å²) >= 11 is 0. The van der Waals surface area contributed by atoms with Crippen LogP contribution >= 0.6 is 0 Å². The molecule has 1 saturated heterocycles. The average molecular weight is 354 g/mol. The zero-order valence-corrected chi connectivity index (χ0v) is 15.7. The standard InChI is InChI=1S/C20H26N4O2/c1-14-18(15(2)24(22-14)17-9-5-4-6-10-17)12-19(25)23-11-7-8-16(13-23)20(26)21-3/h4-6,9-10,16H,7-8,11-13H2,1-3H3,(H,21,26). The second-order valence-electron chi connectivity index (χ2n) is 6.87. The molecule has 3 rings (SSSR count). The molecule has 1 fully saturated rings. The summed E-state index contributed by atoms with van der Waals surface area (Å²) in [5.74, 6) is -0.0175. The summed E-state index contributed by atoms with van der Waals surface area (Å²) in [6.45, 7) is 5.17. The number of carbonyl (C=O) groups is 2. The van der Waals surface area contributed by atoms with E-state index in [1.54, 1.807) is 7.05 Å². The van der Waals surface area contributed by atoms with Crippen molar-refractivity contribution in [1.29, 1.82) is 0 Å². The minimum Gasteiger partial charge on any atom is -0.359 e. The summed E-state index contributed by atoms with van der Waals surface area (Å²) in [5.41, 5.74) is 3.83. The quantitative estimate of drug-likeness (QED) is 0.913. The van der Waals surface area contributed by atoms with Gasteiger partial charge in [0, 0.05) is 31.4 Å². The van der Waals surface area contributed by atoms with Gasteiger partial charge >= 0.3 is 0 Å². The molecular formula is C20H26N4O2. The zero-order chi connectivity index (χ0) is 18.7. The highest BCUT2D eigenvalue weighted by molar-refractivity contribution is 5.82. The van der Waals surface area contributed by atoms with E-state index in [2.05, 4.69) is 10.4 Å². The molecule has 2 amide bonds. The van der Waals surface area contributed by atoms with Crippen molar-refractivity contribution in [2.45, 2.75) is 33.1 Å². The fraction of sp³-hybridized carbons (Fsp3) is 0.450. The molecule has 0 radical (unpaired) electrons. The lowest BCUT2D eigenvalue weighted by molar-refractivity contribution is -0.135. The topological polar surface area (TPSA) is 67.2 Å². The Morgan fingerprint density at radius 2 is 1.96 bits per heavy atom. The van der Waals surface area contributed by atoms with Gasteiger partial charge in [-0.15, -0.1) is 0 Å². The monoisotopic (exact) mass is 354 g/mol. The number of piperidine rings is 1. The van der Waals surface area contributed by atoms with Crippen molar-refractivity contribution in [3.63, 3.8) is 0 Å². The summed E-state index contributed by atoms with van der Waals surface area (Å²) in [6.07, 6.45) is 2.03. The van der Waals surface area contributed by atoms with E-state index < -0.39 is 0 Å². The molecule has 0 aliphatic carbocycles. The number of hydrogen-bond donors (Lipinski definition) is 1. The van der Waals surface area contributed by atoms with Gasteiger partial charge < -0.3 is 10.2 Å². The van der Waals surface area contributed by atoms with E-state index in [-0.39, 0.29) is 17.7 Å². The van der Waals surface area contributed by atoms with E-state index in [1.165, 1.54) is 0 Å². The molecule has 2 heterocycles. The van der Waals surface area contributed by atoms with E-state index in [0.29, 0.717) is 13.0 Å². The predicted molar refractivity (Wildman–Crippen MR) is 100 cm³/mol. The number of aromatic nitrogens is 2. The van der Waals surface area contributed by atoms with Crippen LogP contribution in [0.2, 0.25) is 0 Å². The Labute approximate surface area is 154 Å². The van der Waals surface area contributed by atoms with Crippen molar-refractivity contribution in [2.75, 3.05) is 20.1 Å². The smallest absolute Gasteiger partial charge is 0.227 e. The molecule has 2 aromatic rings. The summed E-state index contributed by atoms with van der Waals surface area (Å²) in [5, 5.41) is 7.31. The highest BCUT2D eigenvalue weighted by Crippen LogP contribution is 2.21. The first kappa shape index (κ1) is 18.2. The predicted octanol–water partition coefficient (Wildman–Crippen LogP) is 2.02. The van der Waals surface area contributed by atoms with E-state index in [4.69, 9.17) is 0 Å². The van der Waals surface area contributed by atoms with Crippen molar-refractivity contribution >= 4 is 11.8 Å². The van der Waals surface area contributed by atoms with Crippen LogP contribution in [-0.2, 0) is 16.0 Å². The molecule has 0 saturated carbocycles. The van der Waals surface area contributed by atoms with Gasteiger partial charge in [0.05, 0.1) is 23.7 Å². The lowest BCUT2D eigenvalue weighted by Crippen LogP contribution is -2.45. The largest absolute Gasteiger partial charge is 0.359 e. The van der Waals surface area contributed by atoms with Gasteiger partial charge in [-0.25, -0.2) is 4.68 Å². The second kappa shape index (κ2) is 7.72. The Balaban J connectivity index is 1.76. The van der Waals surface area contributed by atoms with E-state index in [1.807, 2.05) is 53.8 Å². The first-order valence-corrected chi connectivity index (χ1v) is 9.11. The van der Waals surface area contributed by atoms with Crippen molar-refractivity contribution in [3.05, 3.63) is 47.3 Å². The first-order chi connectivity index (χ1) is 12.5. The van der Waals surface area contributed by atoms with E-state index in [9.17, 15) is 9.59 Å². The van der Waals surface area contributed by atoms with Crippen LogP contribution in [0.25, 0.3) is 5.69 Å². The normalized spacial score (nSPS) is 17.2. The van der Waals surface area contributed by atoms with Crippen LogP contribution in [0.1, 0.15) is 29.8 Å². The van der Waals surface area contributed by atoms with Crippen LogP contribution < -0.4 is 5.32 Å². The highest BCUT2D eigenvalue weighted by Gasteiger charge is 2.28. The fourth-order valence-corrected chi connectivity index (χ4v) is 3.64. The molecule has 1 aliphatic rings. The average Bonchev–Trinajstić information content (AvgIpc) is 2.96. The third-order valence-corrected chi connectivity index (χ3v) is 5.16. The third kappa shape index (κ3) is 3.64. The van der Waals surface area contributed by atoms with Crippen LogP contribution in [0.3, 0.4) is 0 Å². The number of benzene rings is 1. The fourth-order valence-electron chi connectivity index (χ4n) is 3.64. The minimum atomic E-state index is -0.105. The molecule has 26 heavy (non-hydrogen) atoms. The number of carbonyl (C=O) groups excluding carboxylic acids is 2. The van der Waals surface area contributed by atoms with Crippen LogP contribution in [0.5, 0.6) is 0 Å². The van der Waals surface area contributed by atoms with Gasteiger partial charge in [-0.3, -0.25) is 9.59 Å². The SMILES string of the molecule is CNC(=O)C1CCCN(C(=O)Cc2c(C)nn(-c3ccccc3)c2C)C1. The Hall–Kier alpha value is -2.63. The maximum Gasteiger partial charge on any atom is 0.227 e. The molecule has 1 aliphatic heterocycles. The molecule has 6 heteroatoms. The number of hydrogen-bond acceptors (Lipinski definition) is 3. The molecule has 1 aromatic heterocycles. The maximum atomic E-state index is 12.8. The number of aryl methyl sites for hydroxylation is 1. The molecule has 138 valence electrons. The van der Waals surface area contributed by atoms with Gasteiger partial charge in [-0.05, 0) is 38.8 Å². The van der Waals surface area contributed by atoms with Crippen molar-refractivity contribution in [3.8, 4) is 5.69 Å². The van der Waals surface area contributed by atoms with Crippen LogP contribution in [0, 0.1) is 19.8 Å². The van der Waals surface area contributed by atoms with Gasteiger partial charge in [0.25, 0.3) is 0 Å². The Morgan fingerprint density at radius 3 is 2.65 bits per heavy atom. The molecule has 0 bridgehead atoms. The van der Waals surface area contributed by atoms with Gasteiger partial charge in [-0.2, -0.15) is 5.10 Å². The van der Waals surface area contributed by atoms with Gasteiger partial charge in [0.2, 0.25) is 11.8 Å². The van der Waals surface area contributed by atoms with Gasteiger partial charge in [0.1, 0.15) is 0 Å². The highest BCUT2D eigenvalue weighted by atomic mass is 16.2. The van der Waals surface area contributed by atoms with E-state index in [0.717, 1.165) is 42.0 Å². The first-order valence-electron chi connectivity index (χ1n) is 9.11. The molecule has 1 atom stereocenters. The molecule has 1 unspecified atom stereocenters. The van der Waals surface area contributed by atoms with Crippen molar-refractivity contribution in [1.82, 2.24) is 20.0 Å². The van der Waals surface area contributed by atoms with Gasteiger partial charge in [0.15, 0.2) is 0 Å². The molecule has 1 N–H and O–H groups in total. The lowest BCUT2D eigenvalue weighted by Gasteiger charge is -2.32. The number of amides is 2. The van der Waals surface area contributed by atoms with Crippen LogP contribution in [0.15, 0.2) is 30.3 Å². The molecule has 1 aromatic carbocycles. The minimum absolute atomic E-state index is 0.0201. The number of nitrogens with zero attached hydrogens (tertiary/aromatic N) is 3. The third-order valence-electron chi connectivity index (χ3n) is 5.16. The molecule has 0 spiro atoms. The number of para-hydroxylation sites is 1. The number of likely N-dealkylation sites (tertiary alicyclic amines) is 1. The summed E-state index contributed by atoms with van der Waals surface area (Å²) < 4.78 is 1.89. The van der Waals surface area contributed by atoms with Crippen molar-refractivity contribution < 1.29 is 9.59 Å². The second-order valence-corrected chi connectivity index (χ2v) is 6.87. The zero-order valence-electron chi connectivity index (χ0n) is 15.7. The molecular weight excluding hydrogens is 328 g/mol. The van der Waals surface area contributed by atoms with Gasteiger partial charge in [-0.1, -0.05) is 18.2 Å². The van der Waals surface area contributed by atoms with Crippen LogP contribution in [-0.4, -0.2) is 46.6 Å². The van der Waals surface area contributed by atoms with Crippen molar-refractivity contribution in [2.24, 2.45) is 5.92 Å². The Bertz CT molecular complexity index is 798. The summed E-state index contributed by atoms with van der Waals surface area (Å²) in [4.78, 5) is 26.6. The Kier molecular flexibility index (Phi) is 5.40.